The average molecular weight is 633 g/mol. The second-order valence-corrected chi connectivity index (χ2v) is 16.0. The molecule has 0 bridgehead atoms. The van der Waals surface area contributed by atoms with Crippen molar-refractivity contribution in [1.29, 1.82) is 0 Å². The Hall–Kier alpha value is -3.00. The predicted molar refractivity (Wildman–Crippen MR) is 177 cm³/mol. The van der Waals surface area contributed by atoms with E-state index in [1.54, 1.807) is 32.9 Å². The summed E-state index contributed by atoms with van der Waals surface area (Å²) < 4.78 is 40.6. The van der Waals surface area contributed by atoms with Gasteiger partial charge in [-0.2, -0.15) is 8.42 Å². The average Bonchev–Trinajstić information content (AvgIpc) is 3.49. The molecule has 1 heterocycles. The highest BCUT2D eigenvalue weighted by molar-refractivity contribution is 7.86. The van der Waals surface area contributed by atoms with E-state index in [2.05, 4.69) is 22.3 Å². The molecule has 0 unspecified atom stereocenters. The lowest BCUT2D eigenvalue weighted by atomic mass is 9.76. The molecule has 3 saturated carbocycles. The van der Waals surface area contributed by atoms with Crippen LogP contribution in [0.5, 0.6) is 0 Å². The molecule has 0 atom stereocenters. The van der Waals surface area contributed by atoms with Crippen molar-refractivity contribution >= 4 is 32.7 Å². The van der Waals surface area contributed by atoms with Crippen molar-refractivity contribution < 1.29 is 21.9 Å². The van der Waals surface area contributed by atoms with Crippen LogP contribution in [0.3, 0.4) is 0 Å². The fourth-order valence-electron chi connectivity index (χ4n) is 7.72. The van der Waals surface area contributed by atoms with Crippen molar-refractivity contribution in [2.45, 2.75) is 140 Å². The number of aromatic nitrogens is 1. The molecular weight excluding hydrogens is 584 g/mol. The fourth-order valence-corrected chi connectivity index (χ4v) is 9.00. The first kappa shape index (κ1) is 32.0. The Balaban J connectivity index is 1.48. The van der Waals surface area contributed by atoms with Gasteiger partial charge in [0.25, 0.3) is 5.89 Å². The molecule has 1 aromatic heterocycles. The number of Topliss-reactive ketones (excluding diaryl/α,β-unsaturated/α-hetero) is 1. The molecule has 0 aliphatic heterocycles. The maximum Gasteiger partial charge on any atom is 0.359 e. The predicted octanol–water partition coefficient (Wildman–Crippen LogP) is 9.70. The number of benzene rings is 2. The number of carbonyl (C=O) groups excluding carboxylic acids is 1. The van der Waals surface area contributed by atoms with Crippen LogP contribution in [0.1, 0.15) is 157 Å². The minimum absolute atomic E-state index is 0.0426. The van der Waals surface area contributed by atoms with E-state index in [0.717, 1.165) is 75.3 Å². The van der Waals surface area contributed by atoms with Gasteiger partial charge in [0.15, 0.2) is 11.4 Å². The topological polar surface area (TPSA) is 98.8 Å². The van der Waals surface area contributed by atoms with Gasteiger partial charge in [-0.3, -0.25) is 9.08 Å². The number of hydrogen-bond donors (Lipinski definition) is 0. The number of oxime groups is 1. The van der Waals surface area contributed by atoms with Crippen molar-refractivity contribution in [2.75, 3.05) is 0 Å². The number of ketones is 1. The van der Waals surface area contributed by atoms with Crippen molar-refractivity contribution in [3.63, 3.8) is 0 Å². The van der Waals surface area contributed by atoms with Crippen LogP contribution in [0.2, 0.25) is 0 Å². The van der Waals surface area contributed by atoms with E-state index in [0.29, 0.717) is 21.9 Å². The lowest BCUT2D eigenvalue weighted by Gasteiger charge is -2.31. The van der Waals surface area contributed by atoms with Gasteiger partial charge < -0.3 is 4.42 Å². The Morgan fingerprint density at radius 2 is 1.31 bits per heavy atom. The zero-order valence-electron chi connectivity index (χ0n) is 27.1. The third-order valence-corrected chi connectivity index (χ3v) is 11.4. The maximum absolute atomic E-state index is 14.5. The number of nitrogens with zero attached hydrogens (tertiary/aromatic N) is 2. The minimum Gasteiger partial charge on any atom is -0.435 e. The molecule has 0 saturated heterocycles. The standard InChI is InChI=1S/C37H48N2O5S/c1-37(2,3)35(40)33(36-38-31-21-13-14-22-32(31)43-36)39-44-45(41,42)34-29(26-17-9-5-10-18-26)23-28(25-15-7-4-8-16-25)24-30(34)27-19-11-6-12-20-27/h13-14,21-27H,4-12,15-20H2,1-3H3/b39-33+. The summed E-state index contributed by atoms with van der Waals surface area (Å²) in [4.78, 5) is 18.4. The molecule has 3 aliphatic rings. The van der Waals surface area contributed by atoms with Crippen LogP contribution in [0.15, 0.2) is 50.9 Å². The number of hydrogen-bond acceptors (Lipinski definition) is 7. The molecule has 0 radical (unpaired) electrons. The lowest BCUT2D eigenvalue weighted by Crippen LogP contribution is -2.30. The summed E-state index contributed by atoms with van der Waals surface area (Å²) in [6, 6.07) is 11.6. The number of fused-ring (bicyclic) bond motifs is 1. The minimum atomic E-state index is -4.39. The van der Waals surface area contributed by atoms with E-state index in [-0.39, 0.29) is 23.4 Å². The second-order valence-electron chi connectivity index (χ2n) is 14.6. The van der Waals surface area contributed by atoms with E-state index in [4.69, 9.17) is 8.70 Å². The van der Waals surface area contributed by atoms with E-state index in [1.165, 1.54) is 37.7 Å². The Labute approximate surface area is 268 Å². The van der Waals surface area contributed by atoms with Crippen LogP contribution in [0.4, 0.5) is 0 Å². The van der Waals surface area contributed by atoms with E-state index >= 15 is 0 Å². The van der Waals surface area contributed by atoms with Gasteiger partial charge in [-0.15, -0.1) is 0 Å². The van der Waals surface area contributed by atoms with Gasteiger partial charge in [0, 0.05) is 5.41 Å². The highest BCUT2D eigenvalue weighted by atomic mass is 32.2. The van der Waals surface area contributed by atoms with Gasteiger partial charge in [-0.05, 0) is 85.1 Å². The van der Waals surface area contributed by atoms with Crippen LogP contribution < -0.4 is 0 Å². The van der Waals surface area contributed by atoms with Gasteiger partial charge in [0.1, 0.15) is 10.4 Å². The molecular formula is C37H48N2O5S. The monoisotopic (exact) mass is 632 g/mol. The smallest absolute Gasteiger partial charge is 0.359 e. The number of carbonyl (C=O) groups is 1. The molecule has 6 rings (SSSR count). The summed E-state index contributed by atoms with van der Waals surface area (Å²) in [6.07, 6.45) is 16.7. The molecule has 3 aliphatic carbocycles. The Morgan fingerprint density at radius 3 is 1.82 bits per heavy atom. The van der Waals surface area contributed by atoms with Crippen LogP contribution >= 0.6 is 0 Å². The fraction of sp³-hybridized carbons (Fsp3) is 0.595. The molecule has 0 amide bonds. The van der Waals surface area contributed by atoms with Gasteiger partial charge >= 0.3 is 10.1 Å². The molecule has 242 valence electrons. The Bertz CT molecular complexity index is 1580. The van der Waals surface area contributed by atoms with Gasteiger partial charge in [0.05, 0.1) is 0 Å². The summed E-state index contributed by atoms with van der Waals surface area (Å²) in [5, 5.41) is 4.11. The SMILES string of the molecule is CC(C)(C)C(=O)/C(=N\OS(=O)(=O)c1c(C2CCCCC2)cc(C2CCCCC2)cc1C1CCCCC1)c1nc2ccccc2o1. The summed E-state index contributed by atoms with van der Waals surface area (Å²) in [5.41, 5.74) is 3.06. The summed E-state index contributed by atoms with van der Waals surface area (Å²) >= 11 is 0. The molecule has 0 spiro atoms. The van der Waals surface area contributed by atoms with Gasteiger partial charge in [-0.25, -0.2) is 4.98 Å². The summed E-state index contributed by atoms with van der Waals surface area (Å²) in [6.45, 7) is 5.27. The molecule has 7 nitrogen and oxygen atoms in total. The van der Waals surface area contributed by atoms with Crippen molar-refractivity contribution in [2.24, 2.45) is 10.6 Å². The Morgan fingerprint density at radius 1 is 0.800 bits per heavy atom. The highest BCUT2D eigenvalue weighted by Crippen LogP contribution is 2.46. The van der Waals surface area contributed by atoms with Gasteiger partial charge in [0.2, 0.25) is 5.71 Å². The third-order valence-electron chi connectivity index (χ3n) is 10.2. The molecule has 3 aromatic rings. The van der Waals surface area contributed by atoms with Crippen LogP contribution in [-0.4, -0.2) is 24.9 Å². The van der Waals surface area contributed by atoms with Crippen LogP contribution in [0, 0.1) is 5.41 Å². The quantitative estimate of drug-likeness (QED) is 0.181. The van der Waals surface area contributed by atoms with Crippen LogP contribution in [0.25, 0.3) is 11.1 Å². The van der Waals surface area contributed by atoms with Crippen LogP contribution in [-0.2, 0) is 19.2 Å². The normalized spacial score (nSPS) is 20.0. The molecule has 3 fully saturated rings. The highest BCUT2D eigenvalue weighted by Gasteiger charge is 2.36. The zero-order chi connectivity index (χ0) is 31.6. The summed E-state index contributed by atoms with van der Waals surface area (Å²) in [7, 11) is -4.39. The lowest BCUT2D eigenvalue weighted by molar-refractivity contribution is -0.119. The van der Waals surface area contributed by atoms with E-state index in [1.807, 2.05) is 12.1 Å². The Kier molecular flexibility index (Phi) is 9.51. The molecule has 2 aromatic carbocycles. The first-order valence-electron chi connectivity index (χ1n) is 17.2. The first-order chi connectivity index (χ1) is 21.6. The number of para-hydroxylation sites is 2. The third kappa shape index (κ3) is 7.06. The second kappa shape index (κ2) is 13.4. The molecule has 0 N–H and O–H groups in total. The van der Waals surface area contributed by atoms with Gasteiger partial charge in [-0.1, -0.05) is 108 Å². The number of rotatable bonds is 8. The van der Waals surface area contributed by atoms with E-state index in [9.17, 15) is 13.2 Å². The van der Waals surface area contributed by atoms with Crippen molar-refractivity contribution in [3.8, 4) is 0 Å². The largest absolute Gasteiger partial charge is 0.435 e. The maximum atomic E-state index is 14.5. The zero-order valence-corrected chi connectivity index (χ0v) is 28.0. The number of oxazole rings is 1. The molecule has 8 heteroatoms. The van der Waals surface area contributed by atoms with E-state index < -0.39 is 21.3 Å². The molecule has 45 heavy (non-hydrogen) atoms. The first-order valence-corrected chi connectivity index (χ1v) is 18.6. The van der Waals surface area contributed by atoms with Crippen molar-refractivity contribution in [3.05, 3.63) is 59.0 Å². The van der Waals surface area contributed by atoms with Crippen molar-refractivity contribution in [1.82, 2.24) is 4.98 Å². The summed E-state index contributed by atoms with van der Waals surface area (Å²) in [5.74, 6) is 0.342.